The summed E-state index contributed by atoms with van der Waals surface area (Å²) in [4.78, 5) is 11.7. The third-order valence-corrected chi connectivity index (χ3v) is 4.57. The van der Waals surface area contributed by atoms with E-state index in [1.54, 1.807) is 39.0 Å². The quantitative estimate of drug-likeness (QED) is 0.363. The summed E-state index contributed by atoms with van der Waals surface area (Å²) in [7, 11) is -4.14. The van der Waals surface area contributed by atoms with Crippen molar-refractivity contribution >= 4 is 26.5 Å². The van der Waals surface area contributed by atoms with Gasteiger partial charge in [0.15, 0.2) is 5.78 Å². The van der Waals surface area contributed by atoms with Gasteiger partial charge in [-0.05, 0) is 25.5 Å². The number of Topliss-reactive ketones (excluding diaryl/α,β-unsaturated/α-hetero) is 1. The van der Waals surface area contributed by atoms with Gasteiger partial charge in [0.25, 0.3) is 0 Å². The molecule has 0 spiro atoms. The first-order valence-electron chi connectivity index (χ1n) is 7.69. The van der Waals surface area contributed by atoms with E-state index in [1.165, 1.54) is 0 Å². The molecule has 134 valence electrons. The van der Waals surface area contributed by atoms with Gasteiger partial charge in [-0.1, -0.05) is 50.6 Å². The summed E-state index contributed by atoms with van der Waals surface area (Å²) in [5.74, 6) is -1.68. The van der Waals surface area contributed by atoms with Crippen LogP contribution in [0, 0.1) is 30.7 Å². The maximum Gasteiger partial charge on any atom is 0.243 e. The number of carbonyl (C=O) groups is 1. The molecule has 0 amide bonds. The SMILES string of the molecule is CC.Cc1ccc(N(N=N)C(=N)S(=O)(=O)CC(=O)C(C)C)c(C)c1. The molecule has 0 radical (unpaired) electrons. The average Bonchev–Trinajstić information content (AvgIpc) is 2.51. The fourth-order valence-electron chi connectivity index (χ4n) is 1.81. The van der Waals surface area contributed by atoms with Gasteiger partial charge in [0.05, 0.1) is 5.69 Å². The lowest BCUT2D eigenvalue weighted by molar-refractivity contribution is -0.119. The Kier molecular flexibility index (Phi) is 8.46. The van der Waals surface area contributed by atoms with Crippen LogP contribution in [-0.4, -0.2) is 25.1 Å². The summed E-state index contributed by atoms with van der Waals surface area (Å²) in [6.45, 7) is 10.8. The van der Waals surface area contributed by atoms with E-state index < -0.39 is 32.5 Å². The van der Waals surface area contributed by atoms with Gasteiger partial charge in [-0.15, -0.1) is 0 Å². The zero-order valence-corrected chi connectivity index (χ0v) is 15.9. The minimum Gasteiger partial charge on any atom is -0.298 e. The van der Waals surface area contributed by atoms with Gasteiger partial charge in [-0.25, -0.2) is 8.42 Å². The van der Waals surface area contributed by atoms with Crippen molar-refractivity contribution in [3.05, 3.63) is 29.3 Å². The molecular weight excluding hydrogens is 328 g/mol. The van der Waals surface area contributed by atoms with Gasteiger partial charge in [0.2, 0.25) is 15.0 Å². The van der Waals surface area contributed by atoms with Gasteiger partial charge in [0, 0.05) is 5.92 Å². The molecule has 1 aromatic carbocycles. The Morgan fingerprint density at radius 2 is 1.79 bits per heavy atom. The zero-order chi connectivity index (χ0) is 19.1. The Morgan fingerprint density at radius 3 is 2.21 bits per heavy atom. The summed E-state index contributed by atoms with van der Waals surface area (Å²) in [6, 6.07) is 5.13. The molecule has 8 heteroatoms. The van der Waals surface area contributed by atoms with E-state index in [4.69, 9.17) is 10.9 Å². The molecule has 0 bridgehead atoms. The number of carbonyl (C=O) groups excluding carboxylic acids is 1. The van der Waals surface area contributed by atoms with Gasteiger partial charge >= 0.3 is 0 Å². The molecule has 0 aliphatic heterocycles. The van der Waals surface area contributed by atoms with Crippen molar-refractivity contribution in [1.82, 2.24) is 0 Å². The van der Waals surface area contributed by atoms with Crippen LogP contribution in [0.15, 0.2) is 23.4 Å². The first-order valence-corrected chi connectivity index (χ1v) is 9.34. The number of nitrogens with zero attached hydrogens (tertiary/aromatic N) is 2. The van der Waals surface area contributed by atoms with Crippen LogP contribution in [0.1, 0.15) is 38.8 Å². The normalized spacial score (nSPS) is 10.6. The summed E-state index contributed by atoms with van der Waals surface area (Å²) in [5.41, 5.74) is 9.17. The fourth-order valence-corrected chi connectivity index (χ4v) is 3.05. The molecule has 0 heterocycles. The molecule has 0 aliphatic rings. The highest BCUT2D eigenvalue weighted by Gasteiger charge is 2.30. The standard InChI is InChI=1S/C14H20N4O3S.C2H6/c1-9(2)13(19)8-22(20,21)14(15)18(17-16)12-6-5-10(3)7-11(12)4;1-2/h5-7,9,15-16H,8H2,1-4H3;1-2H3. The maximum atomic E-state index is 12.2. The number of hydrogen-bond acceptors (Lipinski definition) is 6. The van der Waals surface area contributed by atoms with Crippen LogP contribution in [0.3, 0.4) is 0 Å². The zero-order valence-electron chi connectivity index (χ0n) is 15.0. The second-order valence-electron chi connectivity index (χ2n) is 5.39. The van der Waals surface area contributed by atoms with Crippen molar-refractivity contribution in [2.75, 3.05) is 10.8 Å². The molecule has 0 atom stereocenters. The highest BCUT2D eigenvalue weighted by atomic mass is 32.2. The van der Waals surface area contributed by atoms with Crippen molar-refractivity contribution in [1.29, 1.82) is 10.9 Å². The maximum absolute atomic E-state index is 12.2. The van der Waals surface area contributed by atoms with Crippen molar-refractivity contribution < 1.29 is 13.2 Å². The predicted octanol–water partition coefficient (Wildman–Crippen LogP) is 3.66. The summed E-state index contributed by atoms with van der Waals surface area (Å²) >= 11 is 0. The summed E-state index contributed by atoms with van der Waals surface area (Å²) in [5, 5.41) is 10.8. The number of amidine groups is 1. The Hall–Kier alpha value is -2.09. The van der Waals surface area contributed by atoms with E-state index in [-0.39, 0.29) is 0 Å². The van der Waals surface area contributed by atoms with Gasteiger partial charge < -0.3 is 0 Å². The van der Waals surface area contributed by atoms with E-state index in [0.717, 1.165) is 10.6 Å². The van der Waals surface area contributed by atoms with Crippen LogP contribution in [0.5, 0.6) is 0 Å². The number of benzene rings is 1. The number of sulfone groups is 1. The number of hydrogen-bond donors (Lipinski definition) is 2. The second kappa shape index (κ2) is 9.27. The van der Waals surface area contributed by atoms with Gasteiger partial charge in [-0.3, -0.25) is 10.2 Å². The molecule has 0 fully saturated rings. The third-order valence-electron chi connectivity index (χ3n) is 3.14. The average molecular weight is 354 g/mol. The number of ketones is 1. The van der Waals surface area contributed by atoms with Crippen LogP contribution in [-0.2, 0) is 14.6 Å². The highest BCUT2D eigenvalue weighted by Crippen LogP contribution is 2.23. The molecule has 2 N–H and O–H groups in total. The van der Waals surface area contributed by atoms with Crippen molar-refractivity contribution in [2.45, 2.75) is 41.5 Å². The van der Waals surface area contributed by atoms with Crippen molar-refractivity contribution in [3.8, 4) is 0 Å². The highest BCUT2D eigenvalue weighted by molar-refractivity contribution is 8.07. The number of aryl methyl sites for hydroxylation is 2. The molecule has 7 nitrogen and oxygen atoms in total. The molecule has 0 aliphatic carbocycles. The first kappa shape index (κ1) is 21.9. The monoisotopic (exact) mass is 354 g/mol. The topological polar surface area (TPSA) is 115 Å². The predicted molar refractivity (Wildman–Crippen MR) is 96.2 cm³/mol. The summed E-state index contributed by atoms with van der Waals surface area (Å²) in [6.07, 6.45) is 0. The van der Waals surface area contributed by atoms with Crippen LogP contribution in [0.25, 0.3) is 0 Å². The molecule has 0 aromatic heterocycles. The Labute approximate surface area is 144 Å². The molecule has 1 aromatic rings. The molecule has 24 heavy (non-hydrogen) atoms. The van der Waals surface area contributed by atoms with E-state index in [0.29, 0.717) is 11.3 Å². The minimum absolute atomic E-state index is 0.325. The largest absolute Gasteiger partial charge is 0.298 e. The molecule has 0 saturated heterocycles. The van der Waals surface area contributed by atoms with Gasteiger partial charge in [0.1, 0.15) is 5.75 Å². The van der Waals surface area contributed by atoms with Crippen LogP contribution in [0.2, 0.25) is 0 Å². The smallest absolute Gasteiger partial charge is 0.243 e. The fraction of sp³-hybridized carbons (Fsp3) is 0.500. The Balaban J connectivity index is 0.00000254. The molecule has 0 unspecified atom stereocenters. The van der Waals surface area contributed by atoms with E-state index in [1.807, 2.05) is 20.8 Å². The molecule has 0 saturated carbocycles. The lowest BCUT2D eigenvalue weighted by atomic mass is 10.1. The first-order chi connectivity index (χ1) is 11.1. The van der Waals surface area contributed by atoms with Crippen LogP contribution in [0.4, 0.5) is 5.69 Å². The van der Waals surface area contributed by atoms with Crippen molar-refractivity contribution in [3.63, 3.8) is 0 Å². The molecule has 1 rings (SSSR count). The Bertz CT molecular complexity index is 712. The molecular formula is C16H26N4O3S. The van der Waals surface area contributed by atoms with Crippen LogP contribution >= 0.6 is 0 Å². The van der Waals surface area contributed by atoms with Crippen LogP contribution < -0.4 is 5.01 Å². The third kappa shape index (κ3) is 5.52. The summed E-state index contributed by atoms with van der Waals surface area (Å²) < 4.78 is 24.3. The number of anilines is 1. The Morgan fingerprint density at radius 1 is 1.25 bits per heavy atom. The lowest BCUT2D eigenvalue weighted by Gasteiger charge is -2.19. The number of nitrogens with one attached hydrogen (secondary N) is 2. The van der Waals surface area contributed by atoms with Crippen molar-refractivity contribution in [2.24, 2.45) is 11.1 Å². The van der Waals surface area contributed by atoms with Gasteiger partial charge in [-0.2, -0.15) is 10.5 Å². The van der Waals surface area contributed by atoms with E-state index >= 15 is 0 Å². The minimum atomic E-state index is -4.14. The number of rotatable bonds is 5. The van der Waals surface area contributed by atoms with E-state index in [9.17, 15) is 13.2 Å². The lowest BCUT2D eigenvalue weighted by Crippen LogP contribution is -2.36. The van der Waals surface area contributed by atoms with E-state index in [2.05, 4.69) is 5.22 Å². The second-order valence-corrected chi connectivity index (χ2v) is 7.29.